The molecule has 3 heteroatoms. The first-order valence-corrected chi connectivity index (χ1v) is 9.63. The van der Waals surface area contributed by atoms with Crippen LogP contribution in [0, 0.1) is 0 Å². The second-order valence-corrected chi connectivity index (χ2v) is 6.35. The first kappa shape index (κ1) is 21.1. The minimum atomic E-state index is -0.344. The number of aliphatic imine (C=N–C) groups is 1. The van der Waals surface area contributed by atoms with Crippen molar-refractivity contribution in [1.82, 2.24) is 0 Å². The average Bonchev–Trinajstić information content (AvgIpc) is 2.65. The Morgan fingerprint density at radius 1 is 1.04 bits per heavy atom. The van der Waals surface area contributed by atoms with Gasteiger partial charge in [0.1, 0.15) is 0 Å². The molecule has 0 aliphatic heterocycles. The van der Waals surface area contributed by atoms with Crippen molar-refractivity contribution < 1.29 is 9.53 Å². The molecule has 0 heterocycles. The molecule has 1 aromatic rings. The summed E-state index contributed by atoms with van der Waals surface area (Å²) in [6.07, 6.45) is 15.1. The fourth-order valence-electron chi connectivity index (χ4n) is 2.68. The topological polar surface area (TPSA) is 38.7 Å². The lowest BCUT2D eigenvalue weighted by atomic mass is 10.1. The van der Waals surface area contributed by atoms with Crippen molar-refractivity contribution in [3.63, 3.8) is 0 Å². The molecular weight excluding hydrogens is 310 g/mol. The highest BCUT2D eigenvalue weighted by molar-refractivity contribution is 5.96. The van der Waals surface area contributed by atoms with E-state index in [0.29, 0.717) is 11.3 Å². The number of esters is 1. The summed E-state index contributed by atoms with van der Waals surface area (Å²) in [7, 11) is 1.40. The number of rotatable bonds is 12. The van der Waals surface area contributed by atoms with Crippen molar-refractivity contribution in [3.8, 4) is 0 Å². The Morgan fingerprint density at radius 2 is 1.76 bits per heavy atom. The lowest BCUT2D eigenvalue weighted by molar-refractivity contribution is 0.0601. The molecule has 1 rings (SSSR count). The SMILES string of the molecule is CCCCCCC=C(C=Nc1ccccc1C(=O)OC)CCCCC. The van der Waals surface area contributed by atoms with E-state index in [1.165, 1.54) is 57.6 Å². The largest absolute Gasteiger partial charge is 0.465 e. The number of nitrogens with zero attached hydrogens (tertiary/aromatic N) is 1. The Labute approximate surface area is 153 Å². The number of hydrogen-bond acceptors (Lipinski definition) is 3. The quantitative estimate of drug-likeness (QED) is 0.242. The van der Waals surface area contributed by atoms with E-state index in [-0.39, 0.29) is 5.97 Å². The van der Waals surface area contributed by atoms with Gasteiger partial charge >= 0.3 is 5.97 Å². The molecule has 3 nitrogen and oxygen atoms in total. The van der Waals surface area contributed by atoms with Gasteiger partial charge in [0.15, 0.2) is 0 Å². The first-order chi connectivity index (χ1) is 12.2. The highest BCUT2D eigenvalue weighted by Gasteiger charge is 2.09. The Kier molecular flexibility index (Phi) is 11.3. The molecule has 0 radical (unpaired) electrons. The third kappa shape index (κ3) is 8.67. The highest BCUT2D eigenvalue weighted by atomic mass is 16.5. The minimum Gasteiger partial charge on any atom is -0.465 e. The van der Waals surface area contributed by atoms with Crippen molar-refractivity contribution in [2.24, 2.45) is 4.99 Å². The number of para-hydroxylation sites is 1. The van der Waals surface area contributed by atoms with Crippen LogP contribution in [0.15, 0.2) is 40.9 Å². The molecule has 0 aromatic heterocycles. The number of allylic oxidation sites excluding steroid dienone is 2. The van der Waals surface area contributed by atoms with E-state index in [2.05, 4.69) is 24.9 Å². The van der Waals surface area contributed by atoms with Crippen LogP contribution < -0.4 is 0 Å². The van der Waals surface area contributed by atoms with Crippen molar-refractivity contribution in [2.45, 2.75) is 71.6 Å². The fraction of sp³-hybridized carbons (Fsp3) is 0.545. The molecule has 0 N–H and O–H groups in total. The van der Waals surface area contributed by atoms with Crippen LogP contribution in [0.5, 0.6) is 0 Å². The summed E-state index contributed by atoms with van der Waals surface area (Å²) >= 11 is 0. The molecule has 0 unspecified atom stereocenters. The summed E-state index contributed by atoms with van der Waals surface area (Å²) in [5.74, 6) is -0.344. The molecule has 0 saturated carbocycles. The Balaban J connectivity index is 2.79. The van der Waals surface area contributed by atoms with Crippen molar-refractivity contribution in [2.75, 3.05) is 7.11 Å². The Hall–Kier alpha value is -1.90. The number of ether oxygens (including phenoxy) is 1. The Morgan fingerprint density at radius 3 is 2.48 bits per heavy atom. The zero-order chi connectivity index (χ0) is 18.3. The molecule has 0 aliphatic carbocycles. The first-order valence-electron chi connectivity index (χ1n) is 9.63. The van der Waals surface area contributed by atoms with E-state index >= 15 is 0 Å². The van der Waals surface area contributed by atoms with Gasteiger partial charge < -0.3 is 4.74 Å². The van der Waals surface area contributed by atoms with Gasteiger partial charge in [-0.2, -0.15) is 0 Å². The van der Waals surface area contributed by atoms with E-state index in [9.17, 15) is 4.79 Å². The minimum absolute atomic E-state index is 0.344. The molecule has 0 fully saturated rings. The van der Waals surface area contributed by atoms with Gasteiger partial charge in [-0.1, -0.05) is 64.2 Å². The lowest BCUT2D eigenvalue weighted by Crippen LogP contribution is -2.01. The van der Waals surface area contributed by atoms with Gasteiger partial charge in [0.2, 0.25) is 0 Å². The van der Waals surface area contributed by atoms with Crippen molar-refractivity contribution in [1.29, 1.82) is 0 Å². The van der Waals surface area contributed by atoms with Crippen LogP contribution in [0.4, 0.5) is 5.69 Å². The van der Waals surface area contributed by atoms with Crippen LogP contribution in [-0.2, 0) is 4.74 Å². The third-order valence-corrected chi connectivity index (χ3v) is 4.21. The predicted molar refractivity (Wildman–Crippen MR) is 107 cm³/mol. The van der Waals surface area contributed by atoms with E-state index in [4.69, 9.17) is 4.74 Å². The van der Waals surface area contributed by atoms with Gasteiger partial charge in [0.05, 0.1) is 18.4 Å². The normalized spacial score (nSPS) is 11.9. The van der Waals surface area contributed by atoms with Gasteiger partial charge in [-0.3, -0.25) is 4.99 Å². The van der Waals surface area contributed by atoms with Gasteiger partial charge in [-0.05, 0) is 43.4 Å². The maximum Gasteiger partial charge on any atom is 0.340 e. The molecule has 138 valence electrons. The van der Waals surface area contributed by atoms with Crippen molar-refractivity contribution in [3.05, 3.63) is 41.5 Å². The second-order valence-electron chi connectivity index (χ2n) is 6.35. The maximum atomic E-state index is 11.9. The van der Waals surface area contributed by atoms with Gasteiger partial charge in [-0.25, -0.2) is 4.79 Å². The predicted octanol–water partition coefficient (Wildman–Crippen LogP) is 6.65. The molecule has 25 heavy (non-hydrogen) atoms. The lowest BCUT2D eigenvalue weighted by Gasteiger charge is -2.05. The molecule has 1 aromatic carbocycles. The molecule has 0 aliphatic rings. The number of carbonyl (C=O) groups is 1. The van der Waals surface area contributed by atoms with Crippen LogP contribution in [0.3, 0.4) is 0 Å². The molecule has 0 amide bonds. The number of carbonyl (C=O) groups excluding carboxylic acids is 1. The zero-order valence-electron chi connectivity index (χ0n) is 16.1. The molecular formula is C22H33NO2. The number of methoxy groups -OCH3 is 1. The monoisotopic (exact) mass is 343 g/mol. The van der Waals surface area contributed by atoms with Crippen LogP contribution in [-0.4, -0.2) is 19.3 Å². The molecule has 0 bridgehead atoms. The summed E-state index contributed by atoms with van der Waals surface area (Å²) in [4.78, 5) is 16.4. The van der Waals surface area contributed by atoms with E-state index in [0.717, 1.165) is 12.8 Å². The van der Waals surface area contributed by atoms with Gasteiger partial charge in [-0.15, -0.1) is 0 Å². The van der Waals surface area contributed by atoms with Crippen LogP contribution >= 0.6 is 0 Å². The van der Waals surface area contributed by atoms with Crippen LogP contribution in [0.1, 0.15) is 82.0 Å². The average molecular weight is 344 g/mol. The standard InChI is InChI=1S/C22H33NO2/c1-4-6-8-9-11-15-19(14-10-7-5-2)18-23-21-17-13-12-16-20(21)22(24)25-3/h12-13,15-18H,4-11,14H2,1-3H3. The molecule has 0 spiro atoms. The Bertz CT molecular complexity index is 561. The van der Waals surface area contributed by atoms with E-state index in [1.807, 2.05) is 24.4 Å². The highest BCUT2D eigenvalue weighted by Crippen LogP contribution is 2.20. The number of unbranched alkanes of at least 4 members (excludes halogenated alkanes) is 6. The fourth-order valence-corrected chi connectivity index (χ4v) is 2.68. The smallest absolute Gasteiger partial charge is 0.340 e. The molecule has 0 saturated heterocycles. The summed E-state index contributed by atoms with van der Waals surface area (Å²) in [6, 6.07) is 7.33. The third-order valence-electron chi connectivity index (χ3n) is 4.21. The maximum absolute atomic E-state index is 11.9. The summed E-state index contributed by atoms with van der Waals surface area (Å²) in [6.45, 7) is 4.45. The summed E-state index contributed by atoms with van der Waals surface area (Å²) < 4.78 is 4.84. The molecule has 0 atom stereocenters. The summed E-state index contributed by atoms with van der Waals surface area (Å²) in [5, 5.41) is 0. The summed E-state index contributed by atoms with van der Waals surface area (Å²) in [5.41, 5.74) is 2.45. The zero-order valence-corrected chi connectivity index (χ0v) is 16.1. The van der Waals surface area contributed by atoms with E-state index < -0.39 is 0 Å². The number of benzene rings is 1. The van der Waals surface area contributed by atoms with E-state index in [1.54, 1.807) is 6.07 Å². The van der Waals surface area contributed by atoms with Crippen molar-refractivity contribution >= 4 is 17.9 Å². The number of hydrogen-bond donors (Lipinski definition) is 0. The van der Waals surface area contributed by atoms with Gasteiger partial charge in [0, 0.05) is 6.21 Å². The second kappa shape index (κ2) is 13.4. The van der Waals surface area contributed by atoms with Crippen LogP contribution in [0.25, 0.3) is 0 Å². The van der Waals surface area contributed by atoms with Crippen LogP contribution in [0.2, 0.25) is 0 Å². The van der Waals surface area contributed by atoms with Gasteiger partial charge in [0.25, 0.3) is 0 Å².